The quantitative estimate of drug-likeness (QED) is 0.777. The Labute approximate surface area is 103 Å². The molecule has 0 saturated heterocycles. The van der Waals surface area contributed by atoms with Gasteiger partial charge in [-0.2, -0.15) is 0 Å². The number of carbonyl (C=O) groups excluding carboxylic acids is 1. The average Bonchev–Trinajstić information content (AvgIpc) is 2.80. The van der Waals surface area contributed by atoms with Gasteiger partial charge in [-0.1, -0.05) is 18.5 Å². The molecule has 2 rings (SSSR count). The summed E-state index contributed by atoms with van der Waals surface area (Å²) in [6.45, 7) is 1.93. The summed E-state index contributed by atoms with van der Waals surface area (Å²) in [5.41, 5.74) is 0.313. The van der Waals surface area contributed by atoms with Crippen molar-refractivity contribution in [3.05, 3.63) is 58.3 Å². The SMILES string of the molecule is CCc1ccc(C(=O)c2ccc(F)c(Cl)c2)o1. The second kappa shape index (κ2) is 4.72. The van der Waals surface area contributed by atoms with Gasteiger partial charge in [0.05, 0.1) is 5.02 Å². The molecule has 0 atom stereocenters. The zero-order chi connectivity index (χ0) is 12.4. The minimum absolute atomic E-state index is 0.0712. The maximum atomic E-state index is 13.0. The minimum Gasteiger partial charge on any atom is -0.458 e. The first-order valence-corrected chi connectivity index (χ1v) is 5.58. The number of halogens is 2. The molecule has 0 aliphatic carbocycles. The molecule has 1 aromatic carbocycles. The van der Waals surface area contributed by atoms with E-state index in [-0.39, 0.29) is 16.6 Å². The van der Waals surface area contributed by atoms with Gasteiger partial charge in [0, 0.05) is 12.0 Å². The van der Waals surface area contributed by atoms with Gasteiger partial charge in [-0.15, -0.1) is 0 Å². The number of benzene rings is 1. The molecule has 2 aromatic rings. The van der Waals surface area contributed by atoms with E-state index in [9.17, 15) is 9.18 Å². The van der Waals surface area contributed by atoms with E-state index >= 15 is 0 Å². The zero-order valence-corrected chi connectivity index (χ0v) is 9.92. The Morgan fingerprint density at radius 1 is 1.35 bits per heavy atom. The summed E-state index contributed by atoms with van der Waals surface area (Å²) in [7, 11) is 0. The van der Waals surface area contributed by atoms with Crippen LogP contribution in [0.15, 0.2) is 34.7 Å². The molecule has 1 aromatic heterocycles. The highest BCUT2D eigenvalue weighted by atomic mass is 35.5. The highest BCUT2D eigenvalue weighted by Gasteiger charge is 2.14. The van der Waals surface area contributed by atoms with E-state index in [4.69, 9.17) is 16.0 Å². The van der Waals surface area contributed by atoms with Crippen LogP contribution in [-0.2, 0) is 6.42 Å². The van der Waals surface area contributed by atoms with E-state index in [0.29, 0.717) is 5.56 Å². The van der Waals surface area contributed by atoms with Gasteiger partial charge in [0.15, 0.2) is 5.76 Å². The summed E-state index contributed by atoms with van der Waals surface area (Å²) in [5.74, 6) is 0.134. The summed E-state index contributed by atoms with van der Waals surface area (Å²) in [6, 6.07) is 7.21. The molecule has 0 saturated carbocycles. The first kappa shape index (κ1) is 11.9. The number of hydrogen-bond acceptors (Lipinski definition) is 2. The van der Waals surface area contributed by atoms with Crippen molar-refractivity contribution in [3.63, 3.8) is 0 Å². The lowest BCUT2D eigenvalue weighted by molar-refractivity contribution is 0.101. The lowest BCUT2D eigenvalue weighted by Crippen LogP contribution is -1.99. The van der Waals surface area contributed by atoms with Crippen molar-refractivity contribution in [1.82, 2.24) is 0 Å². The molecule has 0 aliphatic heterocycles. The van der Waals surface area contributed by atoms with E-state index in [1.165, 1.54) is 18.2 Å². The third-order valence-electron chi connectivity index (χ3n) is 2.42. The van der Waals surface area contributed by atoms with Crippen molar-refractivity contribution in [2.24, 2.45) is 0 Å². The van der Waals surface area contributed by atoms with Gasteiger partial charge in [-0.3, -0.25) is 4.79 Å². The second-order valence-corrected chi connectivity index (χ2v) is 3.98. The van der Waals surface area contributed by atoms with Crippen LogP contribution in [0.25, 0.3) is 0 Å². The normalized spacial score (nSPS) is 10.5. The van der Waals surface area contributed by atoms with E-state index in [2.05, 4.69) is 0 Å². The van der Waals surface area contributed by atoms with Gasteiger partial charge in [0.1, 0.15) is 11.6 Å². The molecule has 0 radical (unpaired) electrons. The van der Waals surface area contributed by atoms with E-state index in [1.807, 2.05) is 6.92 Å². The van der Waals surface area contributed by atoms with Crippen LogP contribution in [0.5, 0.6) is 0 Å². The molecule has 2 nitrogen and oxygen atoms in total. The highest BCUT2D eigenvalue weighted by molar-refractivity contribution is 6.31. The fourth-order valence-corrected chi connectivity index (χ4v) is 1.65. The Morgan fingerprint density at radius 3 is 2.71 bits per heavy atom. The number of carbonyl (C=O) groups is 1. The topological polar surface area (TPSA) is 30.2 Å². The van der Waals surface area contributed by atoms with Crippen molar-refractivity contribution in [1.29, 1.82) is 0 Å². The lowest BCUT2D eigenvalue weighted by Gasteiger charge is -1.99. The number of aryl methyl sites for hydroxylation is 1. The number of rotatable bonds is 3. The molecule has 0 unspecified atom stereocenters. The molecule has 0 amide bonds. The third kappa shape index (κ3) is 2.39. The average molecular weight is 253 g/mol. The van der Waals surface area contributed by atoms with Crippen LogP contribution in [0.2, 0.25) is 5.02 Å². The molecule has 88 valence electrons. The Kier molecular flexibility index (Phi) is 3.29. The summed E-state index contributed by atoms with van der Waals surface area (Å²) in [4.78, 5) is 12.0. The summed E-state index contributed by atoms with van der Waals surface area (Å²) in [5, 5.41) is -0.0712. The molecule has 1 heterocycles. The van der Waals surface area contributed by atoms with Crippen molar-refractivity contribution >= 4 is 17.4 Å². The predicted molar refractivity (Wildman–Crippen MR) is 62.9 cm³/mol. The van der Waals surface area contributed by atoms with Crippen molar-refractivity contribution in [3.8, 4) is 0 Å². The zero-order valence-electron chi connectivity index (χ0n) is 9.17. The Bertz CT molecular complexity index is 560. The largest absolute Gasteiger partial charge is 0.458 e. The van der Waals surface area contributed by atoms with E-state index < -0.39 is 5.82 Å². The van der Waals surface area contributed by atoms with Crippen LogP contribution in [0.3, 0.4) is 0 Å². The summed E-state index contributed by atoms with van der Waals surface area (Å²) >= 11 is 5.62. The predicted octanol–water partition coefficient (Wildman–Crippen LogP) is 3.87. The fraction of sp³-hybridized carbons (Fsp3) is 0.154. The molecular weight excluding hydrogens is 243 g/mol. The Balaban J connectivity index is 2.33. The first-order valence-electron chi connectivity index (χ1n) is 5.20. The van der Waals surface area contributed by atoms with Gasteiger partial charge in [0.25, 0.3) is 0 Å². The highest BCUT2D eigenvalue weighted by Crippen LogP contribution is 2.19. The fourth-order valence-electron chi connectivity index (χ4n) is 1.47. The van der Waals surface area contributed by atoms with Gasteiger partial charge >= 0.3 is 0 Å². The van der Waals surface area contributed by atoms with Crippen LogP contribution < -0.4 is 0 Å². The van der Waals surface area contributed by atoms with Crippen LogP contribution in [0, 0.1) is 5.82 Å². The standard InChI is InChI=1S/C13H10ClFO2/c1-2-9-4-6-12(17-9)13(16)8-3-5-11(15)10(14)7-8/h3-7H,2H2,1H3. The number of hydrogen-bond donors (Lipinski definition) is 0. The van der Waals surface area contributed by atoms with Crippen LogP contribution >= 0.6 is 11.6 Å². The van der Waals surface area contributed by atoms with Crippen molar-refractivity contribution in [2.75, 3.05) is 0 Å². The van der Waals surface area contributed by atoms with Gasteiger partial charge in [-0.25, -0.2) is 4.39 Å². The molecule has 0 fully saturated rings. The summed E-state index contributed by atoms with van der Waals surface area (Å²) in [6.07, 6.45) is 0.720. The van der Waals surface area contributed by atoms with Gasteiger partial charge in [-0.05, 0) is 30.3 Å². The molecule has 0 N–H and O–H groups in total. The molecular formula is C13H10ClFO2. The number of ketones is 1. The summed E-state index contributed by atoms with van der Waals surface area (Å²) < 4.78 is 18.3. The maximum absolute atomic E-state index is 13.0. The van der Waals surface area contributed by atoms with Gasteiger partial charge < -0.3 is 4.42 Å². The number of furan rings is 1. The lowest BCUT2D eigenvalue weighted by atomic mass is 10.1. The van der Waals surface area contributed by atoms with E-state index in [1.54, 1.807) is 12.1 Å². The van der Waals surface area contributed by atoms with Crippen molar-refractivity contribution < 1.29 is 13.6 Å². The smallest absolute Gasteiger partial charge is 0.228 e. The molecule has 17 heavy (non-hydrogen) atoms. The Hall–Kier alpha value is -1.61. The molecule has 0 aliphatic rings. The minimum atomic E-state index is -0.545. The monoisotopic (exact) mass is 252 g/mol. The first-order chi connectivity index (χ1) is 8.11. The van der Waals surface area contributed by atoms with Gasteiger partial charge in [0.2, 0.25) is 5.78 Å². The molecule has 0 spiro atoms. The second-order valence-electron chi connectivity index (χ2n) is 3.58. The van der Waals surface area contributed by atoms with Crippen LogP contribution in [-0.4, -0.2) is 5.78 Å². The Morgan fingerprint density at radius 2 is 2.12 bits per heavy atom. The third-order valence-corrected chi connectivity index (χ3v) is 2.71. The maximum Gasteiger partial charge on any atom is 0.228 e. The van der Waals surface area contributed by atoms with Crippen molar-refractivity contribution in [2.45, 2.75) is 13.3 Å². The van der Waals surface area contributed by atoms with Crippen LogP contribution in [0.4, 0.5) is 4.39 Å². The van der Waals surface area contributed by atoms with E-state index in [0.717, 1.165) is 12.2 Å². The van der Waals surface area contributed by atoms with Crippen LogP contribution in [0.1, 0.15) is 28.8 Å². The molecule has 0 bridgehead atoms. The molecule has 4 heteroatoms.